The number of hydrogen-bond acceptors (Lipinski definition) is 4. The molecule has 0 aromatic carbocycles. The van der Waals surface area contributed by atoms with Crippen LogP contribution in [0, 0.1) is 34.5 Å². The van der Waals surface area contributed by atoms with Crippen molar-refractivity contribution in [1.82, 2.24) is 0 Å². The lowest BCUT2D eigenvalue weighted by molar-refractivity contribution is -0.152. The second-order valence-corrected chi connectivity index (χ2v) is 9.55. The minimum atomic E-state index is -0.596. The van der Waals surface area contributed by atoms with Crippen molar-refractivity contribution in [1.29, 1.82) is 0 Å². The topological polar surface area (TPSA) is 74.6 Å². The molecule has 25 heavy (non-hydrogen) atoms. The van der Waals surface area contributed by atoms with Gasteiger partial charge in [-0.2, -0.15) is 0 Å². The van der Waals surface area contributed by atoms with Gasteiger partial charge in [0.2, 0.25) is 0 Å². The molecule has 3 fully saturated rings. The van der Waals surface area contributed by atoms with Gasteiger partial charge in [0.15, 0.2) is 5.78 Å². The molecule has 8 atom stereocenters. The largest absolute Gasteiger partial charge is 0.393 e. The Morgan fingerprint density at radius 2 is 1.96 bits per heavy atom. The van der Waals surface area contributed by atoms with E-state index in [1.807, 2.05) is 0 Å². The van der Waals surface area contributed by atoms with Crippen molar-refractivity contribution in [3.63, 3.8) is 0 Å². The van der Waals surface area contributed by atoms with Crippen molar-refractivity contribution in [2.45, 2.75) is 71.5 Å². The number of rotatable bonds is 1. The molecule has 4 aliphatic rings. The summed E-state index contributed by atoms with van der Waals surface area (Å²) in [6.45, 7) is 6.00. The van der Waals surface area contributed by atoms with Gasteiger partial charge in [0.25, 0.3) is 0 Å². The Hall–Kier alpha value is -1.00. The van der Waals surface area contributed by atoms with Crippen LogP contribution in [0.4, 0.5) is 0 Å². The van der Waals surface area contributed by atoms with E-state index < -0.39 is 12.2 Å². The number of hydrogen-bond donors (Lipinski definition) is 2. The number of Topliss-reactive ketones (excluding diaryl/α,β-unsaturated/α-hetero) is 1. The molecule has 0 aliphatic heterocycles. The third-order valence-corrected chi connectivity index (χ3v) is 8.40. The van der Waals surface area contributed by atoms with Crippen molar-refractivity contribution >= 4 is 11.6 Å². The Morgan fingerprint density at radius 1 is 1.24 bits per heavy atom. The lowest BCUT2D eigenvalue weighted by Crippen LogP contribution is -2.59. The van der Waals surface area contributed by atoms with Gasteiger partial charge in [-0.25, -0.2) is 0 Å². The highest BCUT2D eigenvalue weighted by Crippen LogP contribution is 2.66. The van der Waals surface area contributed by atoms with Crippen LogP contribution >= 0.6 is 0 Å². The number of fused-ring (bicyclic) bond motifs is 5. The Morgan fingerprint density at radius 3 is 2.64 bits per heavy atom. The van der Waals surface area contributed by atoms with E-state index in [-0.39, 0.29) is 40.2 Å². The first-order chi connectivity index (χ1) is 11.7. The third kappa shape index (κ3) is 2.26. The van der Waals surface area contributed by atoms with Crippen molar-refractivity contribution in [3.8, 4) is 0 Å². The van der Waals surface area contributed by atoms with Crippen molar-refractivity contribution in [2.24, 2.45) is 34.5 Å². The van der Waals surface area contributed by atoms with Gasteiger partial charge in [-0.05, 0) is 79.3 Å². The third-order valence-electron chi connectivity index (χ3n) is 8.40. The summed E-state index contributed by atoms with van der Waals surface area (Å²) in [5.74, 6) is 1.05. The van der Waals surface area contributed by atoms with Gasteiger partial charge >= 0.3 is 0 Å². The predicted octanol–water partition coefficient (Wildman–Crippen LogP) is 2.67. The fourth-order valence-corrected chi connectivity index (χ4v) is 7.41. The van der Waals surface area contributed by atoms with Crippen LogP contribution in [-0.2, 0) is 9.59 Å². The minimum absolute atomic E-state index is 0.0305. The zero-order chi connectivity index (χ0) is 18.1. The van der Waals surface area contributed by atoms with Crippen LogP contribution in [-0.4, -0.2) is 34.0 Å². The molecule has 0 bridgehead atoms. The Kier molecular flexibility index (Phi) is 3.83. The molecule has 2 unspecified atom stereocenters. The molecule has 3 saturated carbocycles. The molecular formula is C21H30O4. The molecule has 4 nitrogen and oxygen atoms in total. The minimum Gasteiger partial charge on any atom is -0.393 e. The molecule has 0 heterocycles. The van der Waals surface area contributed by atoms with Gasteiger partial charge in [0.1, 0.15) is 5.78 Å². The first-order valence-corrected chi connectivity index (χ1v) is 9.80. The first-order valence-electron chi connectivity index (χ1n) is 9.80. The van der Waals surface area contributed by atoms with E-state index in [2.05, 4.69) is 13.8 Å². The van der Waals surface area contributed by atoms with E-state index in [4.69, 9.17) is 0 Å². The van der Waals surface area contributed by atoms with Crippen LogP contribution in [0.2, 0.25) is 0 Å². The van der Waals surface area contributed by atoms with E-state index in [9.17, 15) is 19.8 Å². The molecule has 0 spiro atoms. The molecule has 4 heteroatoms. The Bertz CT molecular complexity index is 652. The smallest absolute Gasteiger partial charge is 0.155 e. The van der Waals surface area contributed by atoms with Crippen LogP contribution in [0.15, 0.2) is 11.6 Å². The van der Waals surface area contributed by atoms with Gasteiger partial charge in [-0.1, -0.05) is 13.8 Å². The maximum atomic E-state index is 12.2. The zero-order valence-corrected chi connectivity index (χ0v) is 15.5. The molecular weight excluding hydrogens is 316 g/mol. The fraction of sp³-hybridized carbons (Fsp3) is 0.810. The summed E-state index contributed by atoms with van der Waals surface area (Å²) in [5.41, 5.74) is 0.383. The molecule has 0 radical (unpaired) electrons. The molecule has 0 aromatic heterocycles. The average molecular weight is 346 g/mol. The summed E-state index contributed by atoms with van der Waals surface area (Å²) >= 11 is 0. The second-order valence-electron chi connectivity index (χ2n) is 9.55. The zero-order valence-electron chi connectivity index (χ0n) is 15.5. The van der Waals surface area contributed by atoms with Gasteiger partial charge in [-0.15, -0.1) is 0 Å². The molecule has 138 valence electrons. The number of carbonyl (C=O) groups is 2. The summed E-state index contributed by atoms with van der Waals surface area (Å²) in [7, 11) is 0. The van der Waals surface area contributed by atoms with Gasteiger partial charge in [0.05, 0.1) is 12.2 Å². The van der Waals surface area contributed by atoms with Gasteiger partial charge in [0, 0.05) is 12.3 Å². The Balaban J connectivity index is 1.76. The molecule has 0 saturated heterocycles. The van der Waals surface area contributed by atoms with E-state index in [1.54, 1.807) is 13.0 Å². The number of aliphatic hydroxyl groups excluding tert-OH is 2. The highest BCUT2D eigenvalue weighted by Gasteiger charge is 2.63. The van der Waals surface area contributed by atoms with Crippen LogP contribution in [0.25, 0.3) is 0 Å². The Labute approximate surface area is 149 Å². The number of ketones is 2. The molecule has 0 amide bonds. The summed E-state index contributed by atoms with van der Waals surface area (Å²) in [6.07, 6.45) is 4.99. The van der Waals surface area contributed by atoms with E-state index in [1.165, 1.54) is 0 Å². The van der Waals surface area contributed by atoms with E-state index in [0.29, 0.717) is 31.6 Å². The van der Waals surface area contributed by atoms with Gasteiger partial charge < -0.3 is 10.2 Å². The first kappa shape index (κ1) is 17.4. The van der Waals surface area contributed by atoms with Crippen molar-refractivity contribution in [2.75, 3.05) is 0 Å². The van der Waals surface area contributed by atoms with Crippen LogP contribution in [0.3, 0.4) is 0 Å². The van der Waals surface area contributed by atoms with Crippen molar-refractivity contribution in [3.05, 3.63) is 11.6 Å². The van der Waals surface area contributed by atoms with Crippen molar-refractivity contribution < 1.29 is 19.8 Å². The SMILES string of the molecule is CC(=O)[C@H]1CC[C@H]2[C@@H]3CC(O)C4=CC(=O)CC[C@]4(C)[C@H]3C(O)C[C@]12C. The maximum Gasteiger partial charge on any atom is 0.155 e. The fourth-order valence-electron chi connectivity index (χ4n) is 7.41. The molecule has 2 N–H and O–H groups in total. The van der Waals surface area contributed by atoms with Gasteiger partial charge in [-0.3, -0.25) is 9.59 Å². The van der Waals surface area contributed by atoms with E-state index >= 15 is 0 Å². The summed E-state index contributed by atoms with van der Waals surface area (Å²) in [4.78, 5) is 24.1. The highest BCUT2D eigenvalue weighted by atomic mass is 16.3. The number of carbonyl (C=O) groups excluding carboxylic acids is 2. The summed E-state index contributed by atoms with van der Waals surface area (Å²) < 4.78 is 0. The predicted molar refractivity (Wildman–Crippen MR) is 93.7 cm³/mol. The summed E-state index contributed by atoms with van der Waals surface area (Å²) in [6, 6.07) is 0. The quantitative estimate of drug-likeness (QED) is 0.765. The standard InChI is InChI=1S/C21H30O4/c1-11(22)14-4-5-15-13-9-17(24)16-8-12(23)6-7-20(16,2)19(13)18(25)10-21(14,15)3/h8,13-15,17-19,24-25H,4-7,9-10H2,1-3H3/t13-,14+,15-,17?,18?,19+,20-,21+/m0/s1. The molecule has 0 aromatic rings. The van der Waals surface area contributed by atoms with Crippen LogP contribution in [0.5, 0.6) is 0 Å². The van der Waals surface area contributed by atoms with Crippen LogP contribution in [0.1, 0.15) is 59.3 Å². The lowest BCUT2D eigenvalue weighted by atomic mass is 9.45. The van der Waals surface area contributed by atoms with E-state index in [0.717, 1.165) is 18.4 Å². The van der Waals surface area contributed by atoms with Crippen LogP contribution < -0.4 is 0 Å². The normalized spacial score (nSPS) is 52.0. The maximum absolute atomic E-state index is 12.2. The highest BCUT2D eigenvalue weighted by molar-refractivity contribution is 5.92. The lowest BCUT2D eigenvalue weighted by Gasteiger charge is -2.60. The second kappa shape index (κ2) is 5.50. The summed E-state index contributed by atoms with van der Waals surface area (Å²) in [5, 5.41) is 22.0. The molecule has 4 aliphatic carbocycles. The monoisotopic (exact) mass is 346 g/mol. The molecule has 4 rings (SSSR count). The number of aliphatic hydroxyl groups is 2. The average Bonchev–Trinajstić information content (AvgIpc) is 2.85.